The molecule has 2 N–H and O–H groups in total. The number of nitrogens with zero attached hydrogens (tertiary/aromatic N) is 3. The Morgan fingerprint density at radius 3 is 2.85 bits per heavy atom. The van der Waals surface area contributed by atoms with Crippen molar-refractivity contribution in [2.45, 2.75) is 20.0 Å². The van der Waals surface area contributed by atoms with E-state index in [1.54, 1.807) is 22.6 Å². The Labute approximate surface area is 150 Å². The minimum Gasteiger partial charge on any atom is -0.351 e. The summed E-state index contributed by atoms with van der Waals surface area (Å²) < 4.78 is 27.6. The molecule has 4 rings (SSSR count). The van der Waals surface area contributed by atoms with Crippen LogP contribution in [0.3, 0.4) is 0 Å². The van der Waals surface area contributed by atoms with Crippen molar-refractivity contribution in [2.75, 3.05) is 17.0 Å². The summed E-state index contributed by atoms with van der Waals surface area (Å²) in [4.78, 5) is 17.7. The first-order chi connectivity index (χ1) is 12.4. The lowest BCUT2D eigenvalue weighted by Crippen LogP contribution is -2.38. The van der Waals surface area contributed by atoms with Crippen molar-refractivity contribution in [1.29, 1.82) is 0 Å². The third kappa shape index (κ3) is 3.05. The predicted octanol–water partition coefficient (Wildman–Crippen LogP) is 1.78. The zero-order chi connectivity index (χ0) is 18.3. The van der Waals surface area contributed by atoms with Crippen molar-refractivity contribution in [2.24, 2.45) is 0 Å². The number of para-hydroxylation sites is 1. The molecule has 1 aromatic carbocycles. The van der Waals surface area contributed by atoms with Crippen LogP contribution in [0.5, 0.6) is 0 Å². The first-order valence-corrected chi connectivity index (χ1v) is 10.0. The van der Waals surface area contributed by atoms with E-state index in [1.807, 2.05) is 30.3 Å². The van der Waals surface area contributed by atoms with Crippen LogP contribution in [0.1, 0.15) is 23.1 Å². The number of nitrogens with one attached hydrogen (secondary N) is 2. The summed E-state index contributed by atoms with van der Waals surface area (Å²) >= 11 is 0. The molecular formula is C17H19N5O3S. The lowest BCUT2D eigenvalue weighted by Gasteiger charge is -2.27. The van der Waals surface area contributed by atoms with E-state index in [0.717, 1.165) is 16.6 Å². The van der Waals surface area contributed by atoms with Crippen molar-refractivity contribution in [3.05, 3.63) is 47.8 Å². The maximum atomic E-state index is 12.8. The molecule has 0 spiro atoms. The molecular weight excluding hydrogens is 354 g/mol. The Morgan fingerprint density at radius 1 is 1.27 bits per heavy atom. The quantitative estimate of drug-likeness (QED) is 0.728. The number of fused-ring (bicyclic) bond motifs is 2. The van der Waals surface area contributed by atoms with Crippen molar-refractivity contribution in [3.8, 4) is 0 Å². The highest BCUT2D eigenvalue weighted by Gasteiger charge is 2.25. The van der Waals surface area contributed by atoms with Gasteiger partial charge >= 0.3 is 0 Å². The molecule has 0 saturated heterocycles. The molecule has 0 saturated carbocycles. The number of hydrogen-bond donors (Lipinski definition) is 2. The fourth-order valence-corrected chi connectivity index (χ4v) is 3.64. The smallest absolute Gasteiger partial charge is 0.270 e. The molecule has 0 atom stereocenters. The fraction of sp³-hybridized carbons (Fsp3) is 0.294. The van der Waals surface area contributed by atoms with Gasteiger partial charge in [-0.25, -0.2) is 8.42 Å². The summed E-state index contributed by atoms with van der Waals surface area (Å²) in [5.74, 6) is 0.200. The van der Waals surface area contributed by atoms with E-state index in [9.17, 15) is 13.2 Å². The molecule has 0 bridgehead atoms. The summed E-state index contributed by atoms with van der Waals surface area (Å²) in [7, 11) is -3.37. The SMILES string of the molecule is CCS(=O)(=O)Nc1cc2n(n1)CCN(C(=O)c1cc3ccccc3[nH]1)C2. The number of hydrogen-bond acceptors (Lipinski definition) is 4. The zero-order valence-electron chi connectivity index (χ0n) is 14.3. The largest absolute Gasteiger partial charge is 0.351 e. The Kier molecular flexibility index (Phi) is 3.95. The van der Waals surface area contributed by atoms with E-state index in [1.165, 1.54) is 0 Å². The first kappa shape index (κ1) is 16.6. The summed E-state index contributed by atoms with van der Waals surface area (Å²) in [5.41, 5.74) is 2.27. The molecule has 1 aliphatic rings. The molecule has 1 aliphatic heterocycles. The highest BCUT2D eigenvalue weighted by molar-refractivity contribution is 7.92. The van der Waals surface area contributed by atoms with Gasteiger partial charge in [-0.05, 0) is 19.1 Å². The van der Waals surface area contributed by atoms with Gasteiger partial charge in [0.05, 0.1) is 24.5 Å². The van der Waals surface area contributed by atoms with Gasteiger partial charge in [-0.15, -0.1) is 0 Å². The number of carbonyl (C=O) groups is 1. The van der Waals surface area contributed by atoms with Crippen molar-refractivity contribution in [3.63, 3.8) is 0 Å². The number of sulfonamides is 1. The van der Waals surface area contributed by atoms with E-state index in [-0.39, 0.29) is 11.7 Å². The van der Waals surface area contributed by atoms with Crippen LogP contribution in [0.15, 0.2) is 36.4 Å². The number of aromatic amines is 1. The zero-order valence-corrected chi connectivity index (χ0v) is 15.1. The number of benzene rings is 1. The van der Waals surface area contributed by atoms with Gasteiger partial charge in [-0.1, -0.05) is 18.2 Å². The monoisotopic (exact) mass is 373 g/mol. The average molecular weight is 373 g/mol. The second kappa shape index (κ2) is 6.17. The molecule has 8 nitrogen and oxygen atoms in total. The minimum absolute atomic E-state index is 0.0137. The Hall–Kier alpha value is -2.81. The van der Waals surface area contributed by atoms with Crippen LogP contribution >= 0.6 is 0 Å². The lowest BCUT2D eigenvalue weighted by molar-refractivity contribution is 0.0701. The second-order valence-electron chi connectivity index (χ2n) is 6.25. The van der Waals surface area contributed by atoms with Crippen LogP contribution in [0.25, 0.3) is 10.9 Å². The van der Waals surface area contributed by atoms with Crippen LogP contribution in [0.4, 0.5) is 5.82 Å². The van der Waals surface area contributed by atoms with Crippen LogP contribution in [-0.4, -0.2) is 46.3 Å². The van der Waals surface area contributed by atoms with Crippen LogP contribution in [0, 0.1) is 0 Å². The number of amides is 1. The second-order valence-corrected chi connectivity index (χ2v) is 8.26. The summed E-state index contributed by atoms with van der Waals surface area (Å²) in [6.45, 7) is 2.99. The summed E-state index contributed by atoms with van der Waals surface area (Å²) in [5, 5.41) is 5.26. The van der Waals surface area contributed by atoms with Crippen LogP contribution < -0.4 is 4.72 Å². The standard InChI is InChI=1S/C17H19N5O3S/c1-2-26(24,25)20-16-10-13-11-21(7-8-22(13)19-16)17(23)15-9-12-5-3-4-6-14(12)18-15/h3-6,9-10,18H,2,7-8,11H2,1H3,(H,19,20). The van der Waals surface area contributed by atoms with Gasteiger partial charge in [0.2, 0.25) is 10.0 Å². The Morgan fingerprint density at radius 2 is 2.08 bits per heavy atom. The van der Waals surface area contributed by atoms with Crippen molar-refractivity contribution < 1.29 is 13.2 Å². The molecule has 0 unspecified atom stereocenters. The predicted molar refractivity (Wildman–Crippen MR) is 98.3 cm³/mol. The molecule has 0 radical (unpaired) electrons. The fourth-order valence-electron chi connectivity index (χ4n) is 3.08. The van der Waals surface area contributed by atoms with Crippen LogP contribution in [0.2, 0.25) is 0 Å². The molecule has 2 aromatic heterocycles. The summed E-state index contributed by atoms with van der Waals surface area (Å²) in [6, 6.07) is 11.3. The van der Waals surface area contributed by atoms with Gasteiger partial charge in [0.15, 0.2) is 5.82 Å². The summed E-state index contributed by atoms with van der Waals surface area (Å²) in [6.07, 6.45) is 0. The topological polar surface area (TPSA) is 100 Å². The van der Waals surface area contributed by atoms with Gasteiger partial charge in [0.25, 0.3) is 5.91 Å². The van der Waals surface area contributed by atoms with Gasteiger partial charge in [-0.2, -0.15) is 5.10 Å². The molecule has 3 aromatic rings. The number of H-pyrrole nitrogens is 1. The Bertz CT molecular complexity index is 1050. The molecule has 26 heavy (non-hydrogen) atoms. The number of carbonyl (C=O) groups excluding carboxylic acids is 1. The van der Waals surface area contributed by atoms with Gasteiger partial charge < -0.3 is 9.88 Å². The Balaban J connectivity index is 1.54. The minimum atomic E-state index is -3.37. The molecule has 1 amide bonds. The lowest BCUT2D eigenvalue weighted by atomic mass is 10.2. The molecule has 3 heterocycles. The normalized spacial score (nSPS) is 14.4. The van der Waals surface area contributed by atoms with E-state index in [0.29, 0.717) is 31.1 Å². The molecule has 0 aliphatic carbocycles. The number of rotatable bonds is 4. The molecule has 9 heteroatoms. The average Bonchev–Trinajstić information content (AvgIpc) is 3.23. The highest BCUT2D eigenvalue weighted by Crippen LogP contribution is 2.21. The van der Waals surface area contributed by atoms with E-state index >= 15 is 0 Å². The maximum Gasteiger partial charge on any atom is 0.270 e. The van der Waals surface area contributed by atoms with Gasteiger partial charge in [0.1, 0.15) is 5.69 Å². The van der Waals surface area contributed by atoms with Crippen molar-refractivity contribution >= 4 is 32.7 Å². The number of aromatic nitrogens is 3. The first-order valence-electron chi connectivity index (χ1n) is 8.39. The van der Waals surface area contributed by atoms with E-state index in [4.69, 9.17) is 0 Å². The third-order valence-corrected chi connectivity index (χ3v) is 5.77. The van der Waals surface area contributed by atoms with E-state index in [2.05, 4.69) is 14.8 Å². The third-order valence-electron chi connectivity index (χ3n) is 4.49. The highest BCUT2D eigenvalue weighted by atomic mass is 32.2. The van der Waals surface area contributed by atoms with Gasteiger partial charge in [0, 0.05) is 23.5 Å². The van der Waals surface area contributed by atoms with Crippen LogP contribution in [-0.2, 0) is 23.1 Å². The van der Waals surface area contributed by atoms with Gasteiger partial charge in [-0.3, -0.25) is 14.2 Å². The number of anilines is 1. The van der Waals surface area contributed by atoms with E-state index < -0.39 is 10.0 Å². The van der Waals surface area contributed by atoms with Crippen molar-refractivity contribution in [1.82, 2.24) is 19.7 Å². The molecule has 136 valence electrons. The molecule has 0 fully saturated rings. The maximum absolute atomic E-state index is 12.8.